The molecule has 2 fully saturated rings. The highest BCUT2D eigenvalue weighted by Crippen LogP contribution is 2.32. The number of aliphatic hydroxyl groups excluding tert-OH is 1. The van der Waals surface area contributed by atoms with Gasteiger partial charge in [0.1, 0.15) is 0 Å². The van der Waals surface area contributed by atoms with E-state index in [0.29, 0.717) is 12.8 Å². The van der Waals surface area contributed by atoms with Gasteiger partial charge in [0.25, 0.3) is 0 Å². The molecule has 18 heavy (non-hydrogen) atoms. The van der Waals surface area contributed by atoms with Crippen LogP contribution in [-0.4, -0.2) is 43.3 Å². The van der Waals surface area contributed by atoms with E-state index in [4.69, 9.17) is 9.47 Å². The third-order valence-corrected chi connectivity index (χ3v) is 3.75. The lowest BCUT2D eigenvalue weighted by molar-refractivity contribution is -0.187. The van der Waals surface area contributed by atoms with Crippen molar-refractivity contribution in [2.75, 3.05) is 13.7 Å². The smallest absolute Gasteiger partial charge is 0.305 e. The number of ether oxygens (including phenoxy) is 3. The molecule has 5 nitrogen and oxygen atoms in total. The lowest BCUT2D eigenvalue weighted by Crippen LogP contribution is -2.27. The van der Waals surface area contributed by atoms with Crippen molar-refractivity contribution < 1.29 is 24.1 Å². The molecule has 0 aromatic rings. The van der Waals surface area contributed by atoms with Crippen molar-refractivity contribution in [1.82, 2.24) is 0 Å². The predicted octanol–water partition coefficient (Wildman–Crippen LogP) is 1.23. The maximum absolute atomic E-state index is 11.2. The minimum Gasteiger partial charge on any atom is -0.469 e. The Bertz CT molecular complexity index is 275. The summed E-state index contributed by atoms with van der Waals surface area (Å²) < 4.78 is 16.0. The fourth-order valence-electron chi connectivity index (χ4n) is 2.71. The molecule has 1 aliphatic heterocycles. The van der Waals surface area contributed by atoms with Gasteiger partial charge in [-0.2, -0.15) is 0 Å². The maximum atomic E-state index is 11.2. The molecular formula is C13H22O5. The Morgan fingerprint density at radius 3 is 2.89 bits per heavy atom. The van der Waals surface area contributed by atoms with Crippen LogP contribution in [0.4, 0.5) is 0 Å². The van der Waals surface area contributed by atoms with Gasteiger partial charge in [0.05, 0.1) is 25.7 Å². The molecule has 1 saturated carbocycles. The summed E-state index contributed by atoms with van der Waals surface area (Å²) in [5.74, 6) is -0.320. The van der Waals surface area contributed by atoms with Crippen molar-refractivity contribution in [2.24, 2.45) is 5.92 Å². The number of methoxy groups -OCH3 is 1. The first-order valence-electron chi connectivity index (χ1n) is 6.71. The van der Waals surface area contributed by atoms with Gasteiger partial charge in [-0.05, 0) is 38.0 Å². The number of hydrogen-bond acceptors (Lipinski definition) is 5. The molecule has 4 atom stereocenters. The average Bonchev–Trinajstić information content (AvgIpc) is 2.70. The van der Waals surface area contributed by atoms with Gasteiger partial charge in [-0.1, -0.05) is 0 Å². The molecule has 0 radical (unpaired) electrons. The number of esters is 1. The van der Waals surface area contributed by atoms with E-state index in [-0.39, 0.29) is 30.7 Å². The van der Waals surface area contributed by atoms with Crippen molar-refractivity contribution in [3.8, 4) is 0 Å². The molecule has 1 unspecified atom stereocenters. The molecule has 2 rings (SSSR count). The average molecular weight is 258 g/mol. The standard InChI is InChI=1S/C13H22O5/c1-16-12(15)7-9-6-10(8-11(9)14)18-13-4-2-3-5-17-13/h9-11,13-14H,2-8H2,1H3/t9-,10+,11+,13?/m1/s1. The first kappa shape index (κ1) is 13.8. The number of aliphatic hydroxyl groups is 1. The normalized spacial score (nSPS) is 36.6. The summed E-state index contributed by atoms with van der Waals surface area (Å²) in [7, 11) is 1.37. The zero-order valence-electron chi connectivity index (χ0n) is 10.8. The van der Waals surface area contributed by atoms with Crippen LogP contribution in [0, 0.1) is 5.92 Å². The molecule has 1 N–H and O–H groups in total. The first-order valence-corrected chi connectivity index (χ1v) is 6.71. The van der Waals surface area contributed by atoms with E-state index in [1.54, 1.807) is 0 Å². The summed E-state index contributed by atoms with van der Waals surface area (Å²) in [5, 5.41) is 9.90. The van der Waals surface area contributed by atoms with Gasteiger partial charge >= 0.3 is 5.97 Å². The van der Waals surface area contributed by atoms with E-state index >= 15 is 0 Å². The molecule has 5 heteroatoms. The molecule has 0 amide bonds. The fourth-order valence-corrected chi connectivity index (χ4v) is 2.71. The van der Waals surface area contributed by atoms with Gasteiger partial charge < -0.3 is 19.3 Å². The number of carbonyl (C=O) groups is 1. The van der Waals surface area contributed by atoms with Gasteiger partial charge in [-0.3, -0.25) is 4.79 Å². The Hall–Kier alpha value is -0.650. The Morgan fingerprint density at radius 2 is 2.22 bits per heavy atom. The van der Waals surface area contributed by atoms with E-state index in [2.05, 4.69) is 4.74 Å². The van der Waals surface area contributed by atoms with E-state index in [0.717, 1.165) is 25.9 Å². The van der Waals surface area contributed by atoms with Crippen LogP contribution < -0.4 is 0 Å². The highest BCUT2D eigenvalue weighted by atomic mass is 16.7. The van der Waals surface area contributed by atoms with Gasteiger partial charge in [-0.15, -0.1) is 0 Å². The highest BCUT2D eigenvalue weighted by Gasteiger charge is 2.36. The Labute approximate surface area is 107 Å². The monoisotopic (exact) mass is 258 g/mol. The van der Waals surface area contributed by atoms with Gasteiger partial charge in [0.15, 0.2) is 6.29 Å². The van der Waals surface area contributed by atoms with Gasteiger partial charge in [0.2, 0.25) is 0 Å². The van der Waals surface area contributed by atoms with E-state index in [1.807, 2.05) is 0 Å². The van der Waals surface area contributed by atoms with E-state index < -0.39 is 6.10 Å². The lowest BCUT2D eigenvalue weighted by Gasteiger charge is -2.25. The zero-order chi connectivity index (χ0) is 13.0. The molecular weight excluding hydrogens is 236 g/mol. The van der Waals surface area contributed by atoms with Crippen molar-refractivity contribution in [2.45, 2.75) is 57.0 Å². The SMILES string of the molecule is COC(=O)C[C@H]1C[C@H](OC2CCCCO2)C[C@@H]1O. The van der Waals surface area contributed by atoms with Crippen molar-refractivity contribution in [3.05, 3.63) is 0 Å². The minimum atomic E-state index is -0.474. The highest BCUT2D eigenvalue weighted by molar-refractivity contribution is 5.69. The summed E-state index contributed by atoms with van der Waals surface area (Å²) >= 11 is 0. The molecule has 0 bridgehead atoms. The van der Waals surface area contributed by atoms with Crippen LogP contribution in [-0.2, 0) is 19.0 Å². The Morgan fingerprint density at radius 1 is 1.39 bits per heavy atom. The van der Waals surface area contributed by atoms with Crippen LogP contribution >= 0.6 is 0 Å². The largest absolute Gasteiger partial charge is 0.469 e. The predicted molar refractivity (Wildman–Crippen MR) is 63.8 cm³/mol. The Kier molecular flexibility index (Phi) is 4.97. The van der Waals surface area contributed by atoms with Gasteiger partial charge in [0, 0.05) is 6.61 Å². The molecule has 1 aliphatic carbocycles. The first-order chi connectivity index (χ1) is 8.69. The molecule has 1 heterocycles. The van der Waals surface area contributed by atoms with Gasteiger partial charge in [-0.25, -0.2) is 0 Å². The summed E-state index contributed by atoms with van der Waals surface area (Å²) in [6.07, 6.45) is 4.10. The minimum absolute atomic E-state index is 0.00208. The summed E-state index contributed by atoms with van der Waals surface area (Å²) in [6, 6.07) is 0. The third-order valence-electron chi connectivity index (χ3n) is 3.75. The second kappa shape index (κ2) is 6.50. The molecule has 0 aromatic carbocycles. The molecule has 104 valence electrons. The molecule has 0 spiro atoms. The van der Waals surface area contributed by atoms with E-state index in [9.17, 15) is 9.90 Å². The second-order valence-corrected chi connectivity index (χ2v) is 5.13. The molecule has 1 saturated heterocycles. The summed E-state index contributed by atoms with van der Waals surface area (Å²) in [4.78, 5) is 11.2. The van der Waals surface area contributed by atoms with Crippen LogP contribution in [0.5, 0.6) is 0 Å². The number of rotatable bonds is 4. The lowest BCUT2D eigenvalue weighted by atomic mass is 10.0. The quantitative estimate of drug-likeness (QED) is 0.768. The molecule has 2 aliphatic rings. The van der Waals surface area contributed by atoms with Crippen LogP contribution in [0.1, 0.15) is 38.5 Å². The van der Waals surface area contributed by atoms with Crippen LogP contribution in [0.3, 0.4) is 0 Å². The summed E-state index contributed by atoms with van der Waals surface area (Å²) in [6.45, 7) is 0.755. The number of hydrogen-bond donors (Lipinski definition) is 1. The van der Waals surface area contributed by atoms with Crippen molar-refractivity contribution in [1.29, 1.82) is 0 Å². The summed E-state index contributed by atoms with van der Waals surface area (Å²) in [5.41, 5.74) is 0. The zero-order valence-corrected chi connectivity index (χ0v) is 10.8. The fraction of sp³-hybridized carbons (Fsp3) is 0.923. The topological polar surface area (TPSA) is 65.0 Å². The number of carbonyl (C=O) groups excluding carboxylic acids is 1. The third kappa shape index (κ3) is 3.67. The maximum Gasteiger partial charge on any atom is 0.305 e. The van der Waals surface area contributed by atoms with Crippen LogP contribution in [0.2, 0.25) is 0 Å². The van der Waals surface area contributed by atoms with Crippen molar-refractivity contribution in [3.63, 3.8) is 0 Å². The van der Waals surface area contributed by atoms with E-state index in [1.165, 1.54) is 7.11 Å². The second-order valence-electron chi connectivity index (χ2n) is 5.13. The molecule has 0 aromatic heterocycles. The van der Waals surface area contributed by atoms with Crippen molar-refractivity contribution >= 4 is 5.97 Å². The Balaban J connectivity index is 1.76. The van der Waals surface area contributed by atoms with Crippen LogP contribution in [0.25, 0.3) is 0 Å². The van der Waals surface area contributed by atoms with Crippen LogP contribution in [0.15, 0.2) is 0 Å².